The van der Waals surface area contributed by atoms with Crippen LogP contribution >= 0.6 is 12.2 Å². The van der Waals surface area contributed by atoms with E-state index in [2.05, 4.69) is 11.9 Å². The van der Waals surface area contributed by atoms with Gasteiger partial charge in [-0.05, 0) is 41.8 Å². The molecule has 0 saturated carbocycles. The van der Waals surface area contributed by atoms with Crippen molar-refractivity contribution in [3.05, 3.63) is 53.3 Å². The largest absolute Gasteiger partial charge is 0.493 e. The van der Waals surface area contributed by atoms with Crippen LogP contribution in [0.5, 0.6) is 11.5 Å². The molecule has 0 aliphatic heterocycles. The molecule has 2 aromatic rings. The summed E-state index contributed by atoms with van der Waals surface area (Å²) in [6, 6.07) is 9.64. The number of pyridine rings is 1. The molecular weight excluding hydrogens is 284 g/mol. The van der Waals surface area contributed by atoms with Gasteiger partial charge >= 0.3 is 0 Å². The lowest BCUT2D eigenvalue weighted by molar-refractivity contribution is 0.284. The molecule has 0 unspecified atom stereocenters. The van der Waals surface area contributed by atoms with E-state index in [-0.39, 0.29) is 4.99 Å². The number of nitrogens with zero attached hydrogens (tertiary/aromatic N) is 1. The predicted molar refractivity (Wildman–Crippen MR) is 86.8 cm³/mol. The van der Waals surface area contributed by atoms with Gasteiger partial charge in [0.2, 0.25) is 0 Å². The zero-order valence-corrected chi connectivity index (χ0v) is 12.9. The van der Waals surface area contributed by atoms with Gasteiger partial charge in [-0.2, -0.15) is 0 Å². The summed E-state index contributed by atoms with van der Waals surface area (Å²) < 4.78 is 11.2. The summed E-state index contributed by atoms with van der Waals surface area (Å²) in [5.41, 5.74) is 8.33. The van der Waals surface area contributed by atoms with Gasteiger partial charge in [-0.15, -0.1) is 0 Å². The second-order valence-electron chi connectivity index (χ2n) is 4.54. The summed E-state index contributed by atoms with van der Waals surface area (Å²) in [4.78, 5) is 4.38. The number of aryl methyl sites for hydroxylation is 1. The fourth-order valence-electron chi connectivity index (χ4n) is 1.91. The number of thiocarbonyl (C=S) groups is 1. The standard InChI is InChI=1S/C16H18N2O2S/c1-3-11-4-5-14(15(9-11)19-2)20-10-12-6-7-18-13(8-12)16(17)21/h4-9H,3,10H2,1-2H3,(H2,17,21). The lowest BCUT2D eigenvalue weighted by Crippen LogP contribution is -2.12. The van der Waals surface area contributed by atoms with Crippen molar-refractivity contribution in [2.24, 2.45) is 5.73 Å². The van der Waals surface area contributed by atoms with Crippen molar-refractivity contribution in [2.75, 3.05) is 7.11 Å². The van der Waals surface area contributed by atoms with Crippen molar-refractivity contribution >= 4 is 17.2 Å². The molecular formula is C16H18N2O2S. The van der Waals surface area contributed by atoms with Crippen molar-refractivity contribution in [3.63, 3.8) is 0 Å². The maximum Gasteiger partial charge on any atom is 0.161 e. The Morgan fingerprint density at radius 3 is 2.67 bits per heavy atom. The molecule has 0 fully saturated rings. The molecule has 0 aliphatic rings. The average Bonchev–Trinajstić information content (AvgIpc) is 2.53. The van der Waals surface area contributed by atoms with Crippen LogP contribution in [0.1, 0.15) is 23.7 Å². The molecule has 5 heteroatoms. The number of benzene rings is 1. The number of nitrogens with two attached hydrogens (primary N) is 1. The normalized spacial score (nSPS) is 10.2. The smallest absolute Gasteiger partial charge is 0.161 e. The number of rotatable bonds is 6. The van der Waals surface area contributed by atoms with Crippen LogP contribution in [0.4, 0.5) is 0 Å². The van der Waals surface area contributed by atoms with Gasteiger partial charge < -0.3 is 15.2 Å². The first-order valence-electron chi connectivity index (χ1n) is 6.68. The summed E-state index contributed by atoms with van der Waals surface area (Å²) in [6.45, 7) is 2.50. The van der Waals surface area contributed by atoms with Crippen LogP contribution in [0.25, 0.3) is 0 Å². The van der Waals surface area contributed by atoms with Gasteiger partial charge in [0.1, 0.15) is 11.6 Å². The quantitative estimate of drug-likeness (QED) is 0.832. The second-order valence-corrected chi connectivity index (χ2v) is 4.98. The minimum atomic E-state index is 0.279. The summed E-state index contributed by atoms with van der Waals surface area (Å²) >= 11 is 4.92. The lowest BCUT2D eigenvalue weighted by atomic mass is 10.1. The summed E-state index contributed by atoms with van der Waals surface area (Å²) in [6.07, 6.45) is 2.63. The van der Waals surface area contributed by atoms with Crippen LogP contribution in [0.2, 0.25) is 0 Å². The molecule has 0 radical (unpaired) electrons. The first-order chi connectivity index (χ1) is 10.1. The molecule has 1 aromatic carbocycles. The fraction of sp³-hybridized carbons (Fsp3) is 0.250. The van der Waals surface area contributed by atoms with E-state index in [0.29, 0.717) is 18.1 Å². The van der Waals surface area contributed by atoms with Crippen LogP contribution in [-0.4, -0.2) is 17.1 Å². The number of hydrogen-bond acceptors (Lipinski definition) is 4. The van der Waals surface area contributed by atoms with Crippen molar-refractivity contribution < 1.29 is 9.47 Å². The van der Waals surface area contributed by atoms with E-state index >= 15 is 0 Å². The van der Waals surface area contributed by atoms with Gasteiger partial charge in [-0.25, -0.2) is 0 Å². The molecule has 0 saturated heterocycles. The second kappa shape index (κ2) is 7.04. The van der Waals surface area contributed by atoms with Crippen molar-refractivity contribution in [1.29, 1.82) is 0 Å². The highest BCUT2D eigenvalue weighted by Crippen LogP contribution is 2.29. The third kappa shape index (κ3) is 3.92. The summed E-state index contributed by atoms with van der Waals surface area (Å²) in [5.74, 6) is 1.45. The van der Waals surface area contributed by atoms with Crippen molar-refractivity contribution in [2.45, 2.75) is 20.0 Å². The maximum absolute atomic E-state index is 5.81. The van der Waals surface area contributed by atoms with Crippen LogP contribution in [0, 0.1) is 0 Å². The van der Waals surface area contributed by atoms with Crippen LogP contribution in [-0.2, 0) is 13.0 Å². The number of ether oxygens (including phenoxy) is 2. The number of hydrogen-bond donors (Lipinski definition) is 1. The van der Waals surface area contributed by atoms with Crippen LogP contribution in [0.15, 0.2) is 36.5 Å². The van der Waals surface area contributed by atoms with E-state index in [1.165, 1.54) is 5.56 Å². The van der Waals surface area contributed by atoms with Gasteiger partial charge in [0, 0.05) is 6.20 Å². The number of methoxy groups -OCH3 is 1. The first-order valence-corrected chi connectivity index (χ1v) is 7.09. The van der Waals surface area contributed by atoms with E-state index < -0.39 is 0 Å². The van der Waals surface area contributed by atoms with Gasteiger partial charge in [0.15, 0.2) is 11.5 Å². The molecule has 4 nitrogen and oxygen atoms in total. The van der Waals surface area contributed by atoms with Crippen LogP contribution < -0.4 is 15.2 Å². The molecule has 0 amide bonds. The highest BCUT2D eigenvalue weighted by atomic mass is 32.1. The molecule has 0 bridgehead atoms. The zero-order chi connectivity index (χ0) is 15.2. The minimum Gasteiger partial charge on any atom is -0.493 e. The Bertz CT molecular complexity index is 644. The van der Waals surface area contributed by atoms with E-state index in [4.69, 9.17) is 27.4 Å². The molecule has 110 valence electrons. The molecule has 1 aromatic heterocycles. The van der Waals surface area contributed by atoms with Gasteiger partial charge in [0.25, 0.3) is 0 Å². The van der Waals surface area contributed by atoms with E-state index in [1.807, 2.05) is 30.3 Å². The Balaban J connectivity index is 2.12. The first kappa shape index (κ1) is 15.3. The molecule has 0 spiro atoms. The fourth-order valence-corrected chi connectivity index (χ4v) is 2.02. The van der Waals surface area contributed by atoms with Gasteiger partial charge in [-0.1, -0.05) is 25.2 Å². The SMILES string of the molecule is CCc1ccc(OCc2ccnc(C(N)=S)c2)c(OC)c1. The maximum atomic E-state index is 5.81. The molecule has 0 aliphatic carbocycles. The third-order valence-electron chi connectivity index (χ3n) is 3.11. The van der Waals surface area contributed by atoms with E-state index in [0.717, 1.165) is 17.7 Å². The minimum absolute atomic E-state index is 0.279. The van der Waals surface area contributed by atoms with E-state index in [9.17, 15) is 0 Å². The van der Waals surface area contributed by atoms with E-state index in [1.54, 1.807) is 13.3 Å². The molecule has 2 N–H and O–H groups in total. The monoisotopic (exact) mass is 302 g/mol. The van der Waals surface area contributed by atoms with Crippen molar-refractivity contribution in [3.8, 4) is 11.5 Å². The molecule has 21 heavy (non-hydrogen) atoms. The van der Waals surface area contributed by atoms with Gasteiger partial charge in [-0.3, -0.25) is 4.98 Å². The predicted octanol–water partition coefficient (Wildman–Crippen LogP) is 2.87. The highest BCUT2D eigenvalue weighted by Gasteiger charge is 2.06. The summed E-state index contributed by atoms with van der Waals surface area (Å²) in [5, 5.41) is 0. The van der Waals surface area contributed by atoms with Gasteiger partial charge in [0.05, 0.1) is 12.8 Å². The Hall–Kier alpha value is -2.14. The van der Waals surface area contributed by atoms with Crippen LogP contribution in [0.3, 0.4) is 0 Å². The Labute approximate surface area is 129 Å². The Morgan fingerprint density at radius 2 is 2.00 bits per heavy atom. The molecule has 0 atom stereocenters. The lowest BCUT2D eigenvalue weighted by Gasteiger charge is -2.12. The highest BCUT2D eigenvalue weighted by molar-refractivity contribution is 7.80. The summed E-state index contributed by atoms with van der Waals surface area (Å²) in [7, 11) is 1.64. The average molecular weight is 302 g/mol. The topological polar surface area (TPSA) is 57.4 Å². The zero-order valence-electron chi connectivity index (χ0n) is 12.1. The number of aromatic nitrogens is 1. The molecule has 1 heterocycles. The molecule has 2 rings (SSSR count). The third-order valence-corrected chi connectivity index (χ3v) is 3.32. The Kier molecular flexibility index (Phi) is 5.11. The van der Waals surface area contributed by atoms with Crippen molar-refractivity contribution in [1.82, 2.24) is 4.98 Å². The Morgan fingerprint density at radius 1 is 1.19 bits per heavy atom.